The summed E-state index contributed by atoms with van der Waals surface area (Å²) in [6, 6.07) is 12.8. The Kier molecular flexibility index (Phi) is 6.55. The first-order valence-electron chi connectivity index (χ1n) is 8.77. The molecule has 6 nitrogen and oxygen atoms in total. The molecule has 7 heteroatoms. The zero-order chi connectivity index (χ0) is 19.9. The van der Waals surface area contributed by atoms with Crippen LogP contribution in [0, 0.1) is 0 Å². The molecule has 0 spiro atoms. The molecule has 1 amide bonds. The first-order chi connectivity index (χ1) is 13.6. The summed E-state index contributed by atoms with van der Waals surface area (Å²) in [5, 5.41) is 3.54. The lowest BCUT2D eigenvalue weighted by Gasteiger charge is -2.10. The Bertz CT molecular complexity index is 938. The average Bonchev–Trinajstić information content (AvgIpc) is 3.20. The maximum absolute atomic E-state index is 12.1. The zero-order valence-electron chi connectivity index (χ0n) is 15.7. The van der Waals surface area contributed by atoms with E-state index < -0.39 is 0 Å². The number of halogens is 1. The summed E-state index contributed by atoms with van der Waals surface area (Å²) in [6.07, 6.45) is 2.36. The van der Waals surface area contributed by atoms with Crippen LogP contribution < -0.4 is 14.8 Å². The molecule has 0 bridgehead atoms. The molecule has 0 atom stereocenters. The lowest BCUT2D eigenvalue weighted by molar-refractivity contribution is -0.121. The third-order valence-electron chi connectivity index (χ3n) is 4.19. The number of benzene rings is 2. The highest BCUT2D eigenvalue weighted by Crippen LogP contribution is 2.27. The van der Waals surface area contributed by atoms with Crippen LogP contribution in [0.15, 0.2) is 53.1 Å². The second-order valence-corrected chi connectivity index (χ2v) is 6.53. The largest absolute Gasteiger partial charge is 0.493 e. The molecule has 1 aromatic heterocycles. The first-order valence-corrected chi connectivity index (χ1v) is 9.15. The lowest BCUT2D eigenvalue weighted by atomic mass is 10.2. The van der Waals surface area contributed by atoms with Crippen LogP contribution in [0.3, 0.4) is 0 Å². The number of carbonyl (C=O) groups excluding carboxylic acids is 1. The van der Waals surface area contributed by atoms with Crippen LogP contribution in [0.1, 0.15) is 17.9 Å². The van der Waals surface area contributed by atoms with Gasteiger partial charge < -0.3 is 19.2 Å². The van der Waals surface area contributed by atoms with Gasteiger partial charge >= 0.3 is 0 Å². The molecule has 0 radical (unpaired) electrons. The van der Waals surface area contributed by atoms with E-state index in [2.05, 4.69) is 10.3 Å². The SMILES string of the molecule is COc1ccc(CNC(=O)CCc2ncc(-c3ccc(Cl)cc3)o2)cc1OC. The van der Waals surface area contributed by atoms with E-state index >= 15 is 0 Å². The van der Waals surface area contributed by atoms with Gasteiger partial charge in [-0.1, -0.05) is 17.7 Å². The fourth-order valence-electron chi connectivity index (χ4n) is 2.67. The minimum absolute atomic E-state index is 0.0824. The second kappa shape index (κ2) is 9.28. The van der Waals surface area contributed by atoms with Crippen LogP contribution in [0.5, 0.6) is 11.5 Å². The van der Waals surface area contributed by atoms with Gasteiger partial charge in [-0.15, -0.1) is 0 Å². The van der Waals surface area contributed by atoms with E-state index in [0.29, 0.717) is 41.1 Å². The number of carbonyl (C=O) groups is 1. The number of nitrogens with one attached hydrogen (secondary N) is 1. The standard InChI is InChI=1S/C21H21ClN2O4/c1-26-17-8-3-14(11-18(17)27-2)12-23-20(25)9-10-21-24-13-19(28-21)15-4-6-16(22)7-5-15/h3-8,11,13H,9-10,12H2,1-2H3,(H,23,25). The number of hydrogen-bond donors (Lipinski definition) is 1. The summed E-state index contributed by atoms with van der Waals surface area (Å²) in [6.45, 7) is 0.404. The molecule has 0 saturated carbocycles. The van der Waals surface area contributed by atoms with Crippen molar-refractivity contribution in [3.63, 3.8) is 0 Å². The van der Waals surface area contributed by atoms with Gasteiger partial charge in [0, 0.05) is 30.0 Å². The number of methoxy groups -OCH3 is 2. The molecule has 146 valence electrons. The van der Waals surface area contributed by atoms with Gasteiger partial charge in [-0.05, 0) is 42.0 Å². The summed E-state index contributed by atoms with van der Waals surface area (Å²) in [5.74, 6) is 2.37. The zero-order valence-corrected chi connectivity index (χ0v) is 16.5. The van der Waals surface area contributed by atoms with Crippen molar-refractivity contribution in [1.29, 1.82) is 0 Å². The summed E-state index contributed by atoms with van der Waals surface area (Å²) >= 11 is 5.89. The lowest BCUT2D eigenvalue weighted by Crippen LogP contribution is -2.23. The van der Waals surface area contributed by atoms with Crippen LogP contribution in [-0.2, 0) is 17.8 Å². The minimum atomic E-state index is -0.0824. The van der Waals surface area contributed by atoms with Crippen molar-refractivity contribution in [3.8, 4) is 22.8 Å². The number of aromatic nitrogens is 1. The van der Waals surface area contributed by atoms with E-state index in [1.165, 1.54) is 0 Å². The van der Waals surface area contributed by atoms with Crippen LogP contribution in [0.2, 0.25) is 5.02 Å². The molecule has 3 aromatic rings. The van der Waals surface area contributed by atoms with Crippen LogP contribution in [-0.4, -0.2) is 25.1 Å². The fraction of sp³-hybridized carbons (Fsp3) is 0.238. The summed E-state index contributed by atoms with van der Waals surface area (Å²) in [5.41, 5.74) is 1.81. The van der Waals surface area contributed by atoms with E-state index in [0.717, 1.165) is 11.1 Å². The van der Waals surface area contributed by atoms with Gasteiger partial charge in [-0.2, -0.15) is 0 Å². The summed E-state index contributed by atoms with van der Waals surface area (Å²) in [7, 11) is 3.16. The van der Waals surface area contributed by atoms with Gasteiger partial charge in [-0.3, -0.25) is 4.79 Å². The van der Waals surface area contributed by atoms with Gasteiger partial charge in [0.05, 0.1) is 20.4 Å². The Morgan fingerprint density at radius 3 is 2.57 bits per heavy atom. The molecular weight excluding hydrogens is 380 g/mol. The number of hydrogen-bond acceptors (Lipinski definition) is 5. The number of amides is 1. The Hall–Kier alpha value is -2.99. The van der Waals surface area contributed by atoms with Crippen molar-refractivity contribution in [2.45, 2.75) is 19.4 Å². The first kappa shape index (κ1) is 19.8. The van der Waals surface area contributed by atoms with Crippen LogP contribution in [0.4, 0.5) is 0 Å². The number of aryl methyl sites for hydroxylation is 1. The topological polar surface area (TPSA) is 73.6 Å². The summed E-state index contributed by atoms with van der Waals surface area (Å²) < 4.78 is 16.2. The van der Waals surface area contributed by atoms with Crippen molar-refractivity contribution < 1.29 is 18.7 Å². The molecule has 0 saturated heterocycles. The highest BCUT2D eigenvalue weighted by atomic mass is 35.5. The van der Waals surface area contributed by atoms with Gasteiger partial charge in [0.2, 0.25) is 5.91 Å². The maximum atomic E-state index is 12.1. The molecule has 1 heterocycles. The smallest absolute Gasteiger partial charge is 0.220 e. The minimum Gasteiger partial charge on any atom is -0.493 e. The third-order valence-corrected chi connectivity index (χ3v) is 4.44. The number of rotatable bonds is 8. The Labute approximate surface area is 168 Å². The molecule has 0 aliphatic carbocycles. The van der Waals surface area contributed by atoms with E-state index in [1.54, 1.807) is 32.5 Å². The predicted molar refractivity (Wildman–Crippen MR) is 107 cm³/mol. The van der Waals surface area contributed by atoms with Gasteiger partial charge in [0.1, 0.15) is 0 Å². The van der Waals surface area contributed by atoms with Gasteiger partial charge in [-0.25, -0.2) is 4.98 Å². The Morgan fingerprint density at radius 2 is 1.86 bits per heavy atom. The van der Waals surface area contributed by atoms with Crippen molar-refractivity contribution >= 4 is 17.5 Å². The predicted octanol–water partition coefficient (Wildman–Crippen LogP) is 4.26. The number of nitrogens with zero attached hydrogens (tertiary/aromatic N) is 1. The molecule has 28 heavy (non-hydrogen) atoms. The molecule has 1 N–H and O–H groups in total. The number of oxazole rings is 1. The quantitative estimate of drug-likeness (QED) is 0.611. The highest BCUT2D eigenvalue weighted by Gasteiger charge is 2.10. The Morgan fingerprint density at radius 1 is 1.11 bits per heavy atom. The molecule has 0 unspecified atom stereocenters. The monoisotopic (exact) mass is 400 g/mol. The van der Waals surface area contributed by atoms with Crippen LogP contribution >= 0.6 is 11.6 Å². The van der Waals surface area contributed by atoms with E-state index in [9.17, 15) is 4.79 Å². The van der Waals surface area contributed by atoms with E-state index in [4.69, 9.17) is 25.5 Å². The maximum Gasteiger partial charge on any atom is 0.220 e. The average molecular weight is 401 g/mol. The third kappa shape index (κ3) is 5.04. The number of ether oxygens (including phenoxy) is 2. The molecule has 3 rings (SSSR count). The van der Waals surface area contributed by atoms with E-state index in [-0.39, 0.29) is 12.3 Å². The molecule has 0 aliphatic rings. The van der Waals surface area contributed by atoms with Crippen molar-refractivity contribution in [2.75, 3.05) is 14.2 Å². The fourth-order valence-corrected chi connectivity index (χ4v) is 2.80. The van der Waals surface area contributed by atoms with Crippen molar-refractivity contribution in [2.24, 2.45) is 0 Å². The molecular formula is C21H21ClN2O4. The van der Waals surface area contributed by atoms with Crippen molar-refractivity contribution in [1.82, 2.24) is 10.3 Å². The van der Waals surface area contributed by atoms with E-state index in [1.807, 2.05) is 30.3 Å². The van der Waals surface area contributed by atoms with Crippen molar-refractivity contribution in [3.05, 3.63) is 65.1 Å². The van der Waals surface area contributed by atoms with Gasteiger partial charge in [0.25, 0.3) is 0 Å². The molecule has 0 aliphatic heterocycles. The Balaban J connectivity index is 1.50. The second-order valence-electron chi connectivity index (χ2n) is 6.09. The van der Waals surface area contributed by atoms with Crippen LogP contribution in [0.25, 0.3) is 11.3 Å². The molecule has 2 aromatic carbocycles. The van der Waals surface area contributed by atoms with Gasteiger partial charge in [0.15, 0.2) is 23.1 Å². The summed E-state index contributed by atoms with van der Waals surface area (Å²) in [4.78, 5) is 16.4. The molecule has 0 fully saturated rings. The normalized spacial score (nSPS) is 10.5. The highest BCUT2D eigenvalue weighted by molar-refractivity contribution is 6.30.